The fourth-order valence-electron chi connectivity index (χ4n) is 2.19. The Morgan fingerprint density at radius 1 is 1.30 bits per heavy atom. The van der Waals surface area contributed by atoms with Gasteiger partial charge >= 0.3 is 5.97 Å². The second kappa shape index (κ2) is 5.60. The van der Waals surface area contributed by atoms with Gasteiger partial charge in [0.15, 0.2) is 0 Å². The van der Waals surface area contributed by atoms with Gasteiger partial charge in [0.1, 0.15) is 0 Å². The third-order valence-electron chi connectivity index (χ3n) is 3.71. The van der Waals surface area contributed by atoms with Crippen molar-refractivity contribution in [1.82, 2.24) is 0 Å². The fourth-order valence-corrected chi connectivity index (χ4v) is 2.77. The Bertz CT molecular complexity index is 542. The van der Waals surface area contributed by atoms with Gasteiger partial charge in [0, 0.05) is 6.54 Å². The van der Waals surface area contributed by atoms with Crippen LogP contribution in [0.3, 0.4) is 0 Å². The lowest BCUT2D eigenvalue weighted by Gasteiger charge is -2.39. The van der Waals surface area contributed by atoms with Gasteiger partial charge in [-0.3, -0.25) is 4.79 Å². The number of halogens is 2. The van der Waals surface area contributed by atoms with Crippen molar-refractivity contribution in [1.29, 1.82) is 0 Å². The lowest BCUT2D eigenvalue weighted by molar-refractivity contribution is -0.129. The van der Waals surface area contributed by atoms with Gasteiger partial charge in [0.05, 0.1) is 26.7 Å². The number of carbonyl (C=O) groups excluding carboxylic acids is 1. The van der Waals surface area contributed by atoms with Crippen LogP contribution in [0.4, 0.5) is 5.69 Å². The molecule has 1 amide bonds. The molecule has 1 fully saturated rings. The minimum atomic E-state index is -1.14. The molecule has 0 aliphatic heterocycles. The maximum atomic E-state index is 12.2. The van der Waals surface area contributed by atoms with E-state index in [-0.39, 0.29) is 33.7 Å². The summed E-state index contributed by atoms with van der Waals surface area (Å²) in [7, 11) is 0. The summed E-state index contributed by atoms with van der Waals surface area (Å²) in [5.74, 6) is -1.36. The molecule has 0 unspecified atom stereocenters. The first-order valence-corrected chi connectivity index (χ1v) is 6.89. The molecule has 4 N–H and O–H groups in total. The van der Waals surface area contributed by atoms with Crippen LogP contribution in [-0.4, -0.2) is 23.5 Å². The van der Waals surface area contributed by atoms with E-state index >= 15 is 0 Å². The fraction of sp³-hybridized carbons (Fsp3) is 0.385. The standard InChI is InChI=1S/C13H14Cl2N2O3/c14-8-4-7(11(18)19)5-9(15)10(8)17-12(20)13(6-16)2-1-3-13/h4-5H,1-3,6,16H2,(H,17,20)(H,18,19). The summed E-state index contributed by atoms with van der Waals surface area (Å²) in [6.07, 6.45) is 2.43. The third-order valence-corrected chi connectivity index (χ3v) is 4.31. The molecule has 0 bridgehead atoms. The third kappa shape index (κ3) is 2.61. The summed E-state index contributed by atoms with van der Waals surface area (Å²) in [6.45, 7) is 0.265. The van der Waals surface area contributed by atoms with Crippen LogP contribution in [0.5, 0.6) is 0 Å². The van der Waals surface area contributed by atoms with Crippen molar-refractivity contribution in [2.45, 2.75) is 19.3 Å². The van der Waals surface area contributed by atoms with Crippen molar-refractivity contribution in [2.24, 2.45) is 11.1 Å². The minimum absolute atomic E-state index is 0.0322. The lowest BCUT2D eigenvalue weighted by Crippen LogP contribution is -2.47. The molecule has 1 aromatic carbocycles. The van der Waals surface area contributed by atoms with Gasteiger partial charge in [-0.2, -0.15) is 0 Å². The van der Waals surface area contributed by atoms with Crippen LogP contribution in [0, 0.1) is 5.41 Å². The van der Waals surface area contributed by atoms with Gasteiger partial charge in [-0.1, -0.05) is 29.6 Å². The number of carbonyl (C=O) groups is 2. The largest absolute Gasteiger partial charge is 0.478 e. The first-order chi connectivity index (χ1) is 9.39. The summed E-state index contributed by atoms with van der Waals surface area (Å²) in [4.78, 5) is 23.1. The van der Waals surface area contributed by atoms with E-state index in [9.17, 15) is 9.59 Å². The summed E-state index contributed by atoms with van der Waals surface area (Å²) in [5.41, 5.74) is 5.29. The number of anilines is 1. The van der Waals surface area contributed by atoms with Gasteiger partial charge < -0.3 is 16.2 Å². The summed E-state index contributed by atoms with van der Waals surface area (Å²) >= 11 is 12.0. The number of nitrogens with one attached hydrogen (secondary N) is 1. The molecule has 0 saturated heterocycles. The van der Waals surface area contributed by atoms with E-state index in [0.717, 1.165) is 19.3 Å². The van der Waals surface area contributed by atoms with Crippen molar-refractivity contribution in [3.05, 3.63) is 27.7 Å². The normalized spacial score (nSPS) is 16.4. The molecule has 2 rings (SSSR count). The highest BCUT2D eigenvalue weighted by molar-refractivity contribution is 6.40. The Morgan fingerprint density at radius 2 is 1.85 bits per heavy atom. The molecule has 5 nitrogen and oxygen atoms in total. The number of carboxylic acid groups (broad SMARTS) is 1. The summed E-state index contributed by atoms with van der Waals surface area (Å²) in [5, 5.41) is 11.7. The van der Waals surface area contributed by atoms with Crippen LogP contribution in [0.2, 0.25) is 10.0 Å². The van der Waals surface area contributed by atoms with E-state index in [4.69, 9.17) is 34.0 Å². The van der Waals surface area contributed by atoms with E-state index in [1.165, 1.54) is 12.1 Å². The van der Waals surface area contributed by atoms with E-state index < -0.39 is 11.4 Å². The van der Waals surface area contributed by atoms with E-state index in [1.807, 2.05) is 0 Å². The second-order valence-electron chi connectivity index (χ2n) is 4.91. The van der Waals surface area contributed by atoms with E-state index in [2.05, 4.69) is 5.32 Å². The Labute approximate surface area is 126 Å². The van der Waals surface area contributed by atoms with Gasteiger partial charge in [0.25, 0.3) is 0 Å². The average molecular weight is 317 g/mol. The number of benzene rings is 1. The Morgan fingerprint density at radius 3 is 2.20 bits per heavy atom. The van der Waals surface area contributed by atoms with Gasteiger partial charge in [-0.25, -0.2) is 4.79 Å². The Hall–Kier alpha value is -1.30. The predicted octanol–water partition coefficient (Wildman–Crippen LogP) is 2.76. The van der Waals surface area contributed by atoms with E-state index in [0.29, 0.717) is 0 Å². The highest BCUT2D eigenvalue weighted by Crippen LogP contribution is 2.42. The number of hydrogen-bond acceptors (Lipinski definition) is 3. The molecule has 0 spiro atoms. The van der Waals surface area contributed by atoms with Gasteiger partial charge in [0.2, 0.25) is 5.91 Å². The molecule has 0 heterocycles. The van der Waals surface area contributed by atoms with Gasteiger partial charge in [-0.15, -0.1) is 0 Å². The number of rotatable bonds is 4. The maximum absolute atomic E-state index is 12.2. The minimum Gasteiger partial charge on any atom is -0.478 e. The highest BCUT2D eigenvalue weighted by atomic mass is 35.5. The first-order valence-electron chi connectivity index (χ1n) is 6.13. The van der Waals surface area contributed by atoms with E-state index in [1.54, 1.807) is 0 Å². The first kappa shape index (κ1) is 15.1. The smallest absolute Gasteiger partial charge is 0.335 e. The molecular weight excluding hydrogens is 303 g/mol. The molecule has 1 aromatic rings. The molecule has 1 saturated carbocycles. The zero-order chi connectivity index (χ0) is 14.9. The topological polar surface area (TPSA) is 92.4 Å². The molecule has 1 aliphatic carbocycles. The second-order valence-corrected chi connectivity index (χ2v) is 5.73. The lowest BCUT2D eigenvalue weighted by atomic mass is 9.68. The molecule has 108 valence electrons. The van der Waals surface area contributed by atoms with Crippen molar-refractivity contribution >= 4 is 40.8 Å². The van der Waals surface area contributed by atoms with Crippen LogP contribution in [0.25, 0.3) is 0 Å². The summed E-state index contributed by atoms with van der Waals surface area (Å²) < 4.78 is 0. The maximum Gasteiger partial charge on any atom is 0.335 e. The molecule has 20 heavy (non-hydrogen) atoms. The number of nitrogens with two attached hydrogens (primary N) is 1. The van der Waals surface area contributed by atoms with Crippen LogP contribution >= 0.6 is 23.2 Å². The molecule has 0 atom stereocenters. The SMILES string of the molecule is NCC1(C(=O)Nc2c(Cl)cc(C(=O)O)cc2Cl)CCC1. The Kier molecular flexibility index (Phi) is 4.22. The zero-order valence-corrected chi connectivity index (χ0v) is 12.1. The number of aromatic carboxylic acids is 1. The van der Waals surface area contributed by atoms with Crippen molar-refractivity contribution < 1.29 is 14.7 Å². The highest BCUT2D eigenvalue weighted by Gasteiger charge is 2.43. The number of amides is 1. The molecule has 7 heteroatoms. The molecule has 1 aliphatic rings. The number of hydrogen-bond donors (Lipinski definition) is 3. The van der Waals surface area contributed by atoms with Crippen molar-refractivity contribution in [2.75, 3.05) is 11.9 Å². The number of carboxylic acids is 1. The van der Waals surface area contributed by atoms with Crippen LogP contribution in [-0.2, 0) is 4.79 Å². The summed E-state index contributed by atoms with van der Waals surface area (Å²) in [6, 6.07) is 2.50. The van der Waals surface area contributed by atoms with Crippen LogP contribution in [0.1, 0.15) is 29.6 Å². The predicted molar refractivity (Wildman–Crippen MR) is 77.4 cm³/mol. The monoisotopic (exact) mass is 316 g/mol. The van der Waals surface area contributed by atoms with Crippen molar-refractivity contribution in [3.63, 3.8) is 0 Å². The molecule has 0 aromatic heterocycles. The van der Waals surface area contributed by atoms with Gasteiger partial charge in [-0.05, 0) is 25.0 Å². The van der Waals surface area contributed by atoms with Crippen LogP contribution in [0.15, 0.2) is 12.1 Å². The quantitative estimate of drug-likeness (QED) is 0.796. The van der Waals surface area contributed by atoms with Crippen LogP contribution < -0.4 is 11.1 Å². The molecular formula is C13H14Cl2N2O3. The average Bonchev–Trinajstić information content (AvgIpc) is 2.32. The zero-order valence-electron chi connectivity index (χ0n) is 10.6. The van der Waals surface area contributed by atoms with Crippen molar-refractivity contribution in [3.8, 4) is 0 Å². The Balaban J connectivity index is 2.26. The molecule has 0 radical (unpaired) electrons.